The molecule has 0 aromatic heterocycles. The zero-order valence-corrected chi connectivity index (χ0v) is 17.3. The van der Waals surface area contributed by atoms with Crippen molar-refractivity contribution in [1.29, 1.82) is 0 Å². The summed E-state index contributed by atoms with van der Waals surface area (Å²) in [5, 5.41) is 3.31. The normalized spacial score (nSPS) is 16.6. The number of thioether (sulfide) groups is 1. The van der Waals surface area contributed by atoms with Crippen molar-refractivity contribution < 1.29 is 9.53 Å². The van der Waals surface area contributed by atoms with E-state index >= 15 is 0 Å². The Balaban J connectivity index is 1.92. The number of ether oxygens (including phenoxy) is 1. The molecule has 0 radical (unpaired) electrons. The van der Waals surface area contributed by atoms with Gasteiger partial charge in [-0.15, -0.1) is 6.42 Å². The largest absolute Gasteiger partial charge is 0.479 e. The average Bonchev–Trinajstić information content (AvgIpc) is 2.94. The Kier molecular flexibility index (Phi) is 6.20. The fraction of sp³-hybridized carbons (Fsp3) is 0.0526. The Morgan fingerprint density at radius 3 is 2.77 bits per heavy atom. The second-order valence-corrected chi connectivity index (χ2v) is 7.92. The SMILES string of the molecule is C#CCOc1c(Br)cc(Br)cc1/C=C1\SC(=Nc2ccccc2)NC1=O. The number of amides is 1. The number of nitrogens with one attached hydrogen (secondary N) is 1. The van der Waals surface area contributed by atoms with Crippen molar-refractivity contribution in [2.75, 3.05) is 6.61 Å². The molecule has 1 fully saturated rings. The van der Waals surface area contributed by atoms with Crippen LogP contribution in [0.25, 0.3) is 6.08 Å². The Hall–Kier alpha value is -2.01. The number of halogens is 2. The van der Waals surface area contributed by atoms with E-state index in [2.05, 4.69) is 48.1 Å². The first-order valence-electron chi connectivity index (χ1n) is 7.47. The van der Waals surface area contributed by atoms with Crippen LogP contribution in [0.15, 0.2) is 61.3 Å². The first-order chi connectivity index (χ1) is 12.6. The van der Waals surface area contributed by atoms with Gasteiger partial charge in [-0.05, 0) is 58.0 Å². The minimum absolute atomic E-state index is 0.135. The summed E-state index contributed by atoms with van der Waals surface area (Å²) in [5.74, 6) is 2.82. The van der Waals surface area contributed by atoms with E-state index in [0.29, 0.717) is 15.8 Å². The van der Waals surface area contributed by atoms with Crippen LogP contribution in [0.2, 0.25) is 0 Å². The highest BCUT2D eigenvalue weighted by atomic mass is 79.9. The number of amidine groups is 1. The van der Waals surface area contributed by atoms with E-state index in [9.17, 15) is 4.79 Å². The lowest BCUT2D eigenvalue weighted by Crippen LogP contribution is -2.19. The number of rotatable bonds is 4. The zero-order valence-electron chi connectivity index (χ0n) is 13.3. The molecule has 4 nitrogen and oxygen atoms in total. The number of hydrogen-bond acceptors (Lipinski definition) is 4. The van der Waals surface area contributed by atoms with Crippen molar-refractivity contribution in [3.8, 4) is 18.1 Å². The van der Waals surface area contributed by atoms with Gasteiger partial charge in [-0.25, -0.2) is 4.99 Å². The van der Waals surface area contributed by atoms with Crippen molar-refractivity contribution in [3.63, 3.8) is 0 Å². The monoisotopic (exact) mass is 490 g/mol. The molecule has 0 unspecified atom stereocenters. The molecule has 1 aliphatic rings. The summed E-state index contributed by atoms with van der Waals surface area (Å²) in [5.41, 5.74) is 1.51. The fourth-order valence-corrected chi connectivity index (χ4v) is 4.40. The second-order valence-electron chi connectivity index (χ2n) is 5.12. The summed E-state index contributed by atoms with van der Waals surface area (Å²) >= 11 is 8.19. The summed E-state index contributed by atoms with van der Waals surface area (Å²) in [6.07, 6.45) is 7.04. The molecular formula is C19H12Br2N2O2S. The summed E-state index contributed by atoms with van der Waals surface area (Å²) in [6.45, 7) is 0.135. The smallest absolute Gasteiger partial charge is 0.264 e. The molecule has 1 heterocycles. The number of carbonyl (C=O) groups is 1. The maximum Gasteiger partial charge on any atom is 0.264 e. The lowest BCUT2D eigenvalue weighted by Gasteiger charge is -2.10. The number of para-hydroxylation sites is 1. The van der Waals surface area contributed by atoms with Crippen molar-refractivity contribution in [3.05, 3.63) is 61.9 Å². The van der Waals surface area contributed by atoms with Gasteiger partial charge in [0.1, 0.15) is 12.4 Å². The molecule has 2 aromatic rings. The van der Waals surface area contributed by atoms with Crippen LogP contribution in [0.3, 0.4) is 0 Å². The van der Waals surface area contributed by atoms with Crippen molar-refractivity contribution in [2.45, 2.75) is 0 Å². The van der Waals surface area contributed by atoms with E-state index in [4.69, 9.17) is 11.2 Å². The van der Waals surface area contributed by atoms with E-state index in [0.717, 1.165) is 20.2 Å². The van der Waals surface area contributed by atoms with Crippen molar-refractivity contribution in [2.24, 2.45) is 4.99 Å². The van der Waals surface area contributed by atoms with Crippen LogP contribution in [0.5, 0.6) is 5.75 Å². The molecule has 130 valence electrons. The lowest BCUT2D eigenvalue weighted by molar-refractivity contribution is -0.115. The molecular weight excluding hydrogens is 480 g/mol. The van der Waals surface area contributed by atoms with Gasteiger partial charge in [0.25, 0.3) is 5.91 Å². The molecule has 0 atom stereocenters. The minimum Gasteiger partial charge on any atom is -0.479 e. The summed E-state index contributed by atoms with van der Waals surface area (Å²) in [4.78, 5) is 17.3. The highest BCUT2D eigenvalue weighted by Gasteiger charge is 2.24. The molecule has 1 N–H and O–H groups in total. The van der Waals surface area contributed by atoms with Gasteiger partial charge in [0.15, 0.2) is 5.17 Å². The number of benzene rings is 2. The topological polar surface area (TPSA) is 50.7 Å². The van der Waals surface area contributed by atoms with Gasteiger partial charge in [0.2, 0.25) is 0 Å². The minimum atomic E-state index is -0.205. The second kappa shape index (κ2) is 8.58. The van der Waals surface area contributed by atoms with Crippen LogP contribution in [0, 0.1) is 12.3 Å². The van der Waals surface area contributed by atoms with Crippen LogP contribution >= 0.6 is 43.6 Å². The Morgan fingerprint density at radius 1 is 1.27 bits per heavy atom. The number of hydrogen-bond donors (Lipinski definition) is 1. The molecule has 2 aromatic carbocycles. The van der Waals surface area contributed by atoms with E-state index < -0.39 is 0 Å². The van der Waals surface area contributed by atoms with E-state index in [1.807, 2.05) is 42.5 Å². The molecule has 0 spiro atoms. The Labute approximate surface area is 172 Å². The summed E-state index contributed by atoms with van der Waals surface area (Å²) in [7, 11) is 0. The summed E-state index contributed by atoms with van der Waals surface area (Å²) in [6, 6.07) is 13.2. The van der Waals surface area contributed by atoms with E-state index in [1.165, 1.54) is 11.8 Å². The highest BCUT2D eigenvalue weighted by molar-refractivity contribution is 9.11. The van der Waals surface area contributed by atoms with Crippen LogP contribution in [0.4, 0.5) is 5.69 Å². The third kappa shape index (κ3) is 4.58. The van der Waals surface area contributed by atoms with Crippen molar-refractivity contribution >= 4 is 66.5 Å². The van der Waals surface area contributed by atoms with Crippen LogP contribution < -0.4 is 10.1 Å². The predicted molar refractivity (Wildman–Crippen MR) is 113 cm³/mol. The molecule has 0 saturated carbocycles. The molecule has 1 aliphatic heterocycles. The Bertz CT molecular complexity index is 950. The van der Waals surface area contributed by atoms with Gasteiger partial charge in [0, 0.05) is 10.0 Å². The predicted octanol–water partition coefficient (Wildman–Crippen LogP) is 5.12. The molecule has 1 saturated heterocycles. The average molecular weight is 492 g/mol. The number of terminal acetylenes is 1. The van der Waals surface area contributed by atoms with Gasteiger partial charge in [-0.1, -0.05) is 40.0 Å². The fourth-order valence-electron chi connectivity index (χ4n) is 2.20. The quantitative estimate of drug-likeness (QED) is 0.477. The molecule has 0 aliphatic carbocycles. The highest BCUT2D eigenvalue weighted by Crippen LogP contribution is 2.36. The van der Waals surface area contributed by atoms with Gasteiger partial charge in [0.05, 0.1) is 15.1 Å². The van der Waals surface area contributed by atoms with E-state index in [1.54, 1.807) is 6.08 Å². The van der Waals surface area contributed by atoms with Gasteiger partial charge >= 0.3 is 0 Å². The van der Waals surface area contributed by atoms with Crippen LogP contribution in [-0.4, -0.2) is 17.7 Å². The third-order valence-electron chi connectivity index (χ3n) is 3.26. The number of aliphatic imine (C=N–C) groups is 1. The maximum absolute atomic E-state index is 12.3. The number of carbonyl (C=O) groups excluding carboxylic acids is 1. The number of nitrogens with zero attached hydrogens (tertiary/aromatic N) is 1. The zero-order chi connectivity index (χ0) is 18.5. The molecule has 26 heavy (non-hydrogen) atoms. The van der Waals surface area contributed by atoms with Gasteiger partial charge < -0.3 is 10.1 Å². The standard InChI is InChI=1S/C19H12Br2N2O2S/c1-2-8-25-17-12(9-13(20)11-15(17)21)10-16-18(24)23-19(26-16)22-14-6-4-3-5-7-14/h1,3-7,9-11H,8H2,(H,22,23,24)/b16-10-. The first-order valence-corrected chi connectivity index (χ1v) is 9.87. The van der Waals surface area contributed by atoms with Crippen LogP contribution in [-0.2, 0) is 4.79 Å². The third-order valence-corrected chi connectivity index (χ3v) is 5.22. The lowest BCUT2D eigenvalue weighted by atomic mass is 10.2. The van der Waals surface area contributed by atoms with Gasteiger partial charge in [-0.3, -0.25) is 4.79 Å². The molecule has 0 bridgehead atoms. The Morgan fingerprint density at radius 2 is 2.04 bits per heavy atom. The molecule has 1 amide bonds. The van der Waals surface area contributed by atoms with E-state index in [-0.39, 0.29) is 12.5 Å². The molecule has 7 heteroatoms. The summed E-state index contributed by atoms with van der Waals surface area (Å²) < 4.78 is 7.22. The van der Waals surface area contributed by atoms with Crippen molar-refractivity contribution in [1.82, 2.24) is 5.32 Å². The van der Waals surface area contributed by atoms with Crippen LogP contribution in [0.1, 0.15) is 5.56 Å². The molecule has 3 rings (SSSR count). The first kappa shape index (κ1) is 18.8. The maximum atomic E-state index is 12.3. The van der Waals surface area contributed by atoms with Gasteiger partial charge in [-0.2, -0.15) is 0 Å².